The van der Waals surface area contributed by atoms with Gasteiger partial charge in [-0.2, -0.15) is 0 Å². The number of aromatic amines is 1. The molecule has 158 valence electrons. The van der Waals surface area contributed by atoms with Gasteiger partial charge in [-0.15, -0.1) is 0 Å². The lowest BCUT2D eigenvalue weighted by Crippen LogP contribution is -2.25. The molecule has 2 heterocycles. The number of H-pyrrole nitrogens is 1. The van der Waals surface area contributed by atoms with Gasteiger partial charge in [-0.1, -0.05) is 36.0 Å². The van der Waals surface area contributed by atoms with E-state index in [0.29, 0.717) is 25.3 Å². The highest BCUT2D eigenvalue weighted by Crippen LogP contribution is 2.23. The predicted octanol–water partition coefficient (Wildman–Crippen LogP) is 4.17. The number of rotatable bonds is 10. The number of hydrogen-bond acceptors (Lipinski definition) is 5. The summed E-state index contributed by atoms with van der Waals surface area (Å²) in [7, 11) is 0. The van der Waals surface area contributed by atoms with E-state index in [-0.39, 0.29) is 12.0 Å². The number of imidazole rings is 1. The number of amides is 1. The Kier molecular flexibility index (Phi) is 7.39. The molecule has 1 fully saturated rings. The van der Waals surface area contributed by atoms with Crippen molar-refractivity contribution in [2.75, 3.05) is 26.4 Å². The van der Waals surface area contributed by atoms with E-state index < -0.39 is 0 Å². The first-order valence-corrected chi connectivity index (χ1v) is 11.4. The van der Waals surface area contributed by atoms with Crippen LogP contribution < -0.4 is 5.32 Å². The Balaban J connectivity index is 1.15. The smallest absolute Gasteiger partial charge is 0.251 e. The SMILES string of the molecule is O=C(NCCCOCC1CCCO1)c1ccc(CSc2nc3ccccc3[nH]2)cc1. The number of fused-ring (bicyclic) bond motifs is 1. The number of aromatic nitrogens is 2. The lowest BCUT2D eigenvalue weighted by atomic mass is 10.1. The highest BCUT2D eigenvalue weighted by atomic mass is 32.2. The molecular weight excluding hydrogens is 398 g/mol. The third-order valence-electron chi connectivity index (χ3n) is 5.04. The molecule has 0 spiro atoms. The van der Waals surface area contributed by atoms with Crippen molar-refractivity contribution in [2.24, 2.45) is 0 Å². The molecule has 0 bridgehead atoms. The van der Waals surface area contributed by atoms with E-state index in [0.717, 1.165) is 53.4 Å². The standard InChI is InChI=1S/C23H27N3O3S/c27-22(24-12-4-13-28-15-19-5-3-14-29-19)18-10-8-17(9-11-18)16-30-23-25-20-6-1-2-7-21(20)26-23/h1-2,6-11,19H,3-5,12-16H2,(H,24,27)(H,25,26). The second-order valence-corrected chi connectivity index (χ2v) is 8.33. The van der Waals surface area contributed by atoms with Crippen LogP contribution in [0.4, 0.5) is 0 Å². The van der Waals surface area contributed by atoms with E-state index in [1.165, 1.54) is 0 Å². The number of benzene rings is 2. The maximum atomic E-state index is 12.3. The van der Waals surface area contributed by atoms with Crippen LogP contribution in [0.15, 0.2) is 53.7 Å². The zero-order chi connectivity index (χ0) is 20.6. The maximum Gasteiger partial charge on any atom is 0.251 e. The molecular formula is C23H27N3O3S. The molecule has 1 atom stereocenters. The number of carbonyl (C=O) groups excluding carboxylic acids is 1. The third-order valence-corrected chi connectivity index (χ3v) is 5.98. The van der Waals surface area contributed by atoms with Gasteiger partial charge in [0.15, 0.2) is 5.16 Å². The van der Waals surface area contributed by atoms with E-state index in [4.69, 9.17) is 9.47 Å². The summed E-state index contributed by atoms with van der Waals surface area (Å²) in [5, 5.41) is 3.85. The second-order valence-electron chi connectivity index (χ2n) is 7.36. The van der Waals surface area contributed by atoms with Crippen LogP contribution in [-0.4, -0.2) is 48.3 Å². The molecule has 4 rings (SSSR count). The first-order valence-electron chi connectivity index (χ1n) is 10.4. The number of ether oxygens (including phenoxy) is 2. The summed E-state index contributed by atoms with van der Waals surface area (Å²) in [6, 6.07) is 15.7. The molecule has 1 amide bonds. The quantitative estimate of drug-likeness (QED) is 0.377. The van der Waals surface area contributed by atoms with Crippen molar-refractivity contribution in [2.45, 2.75) is 36.3 Å². The van der Waals surface area contributed by atoms with Crippen LogP contribution in [0.2, 0.25) is 0 Å². The molecule has 0 saturated carbocycles. The topological polar surface area (TPSA) is 76.2 Å². The fourth-order valence-electron chi connectivity index (χ4n) is 3.37. The fraction of sp³-hybridized carbons (Fsp3) is 0.391. The minimum atomic E-state index is -0.0504. The van der Waals surface area contributed by atoms with Crippen LogP contribution in [0.25, 0.3) is 11.0 Å². The molecule has 0 aliphatic carbocycles. The third kappa shape index (κ3) is 5.84. The van der Waals surface area contributed by atoms with E-state index in [1.807, 2.05) is 48.5 Å². The van der Waals surface area contributed by atoms with E-state index >= 15 is 0 Å². The number of thioether (sulfide) groups is 1. The molecule has 2 aromatic carbocycles. The van der Waals surface area contributed by atoms with Crippen molar-refractivity contribution in [3.8, 4) is 0 Å². The molecule has 0 radical (unpaired) electrons. The number of nitrogens with one attached hydrogen (secondary N) is 2. The van der Waals surface area contributed by atoms with Crippen molar-refractivity contribution < 1.29 is 14.3 Å². The maximum absolute atomic E-state index is 12.3. The van der Waals surface area contributed by atoms with Crippen LogP contribution in [0.1, 0.15) is 35.2 Å². The second kappa shape index (κ2) is 10.6. The number of para-hydroxylation sites is 2. The van der Waals surface area contributed by atoms with Crippen LogP contribution in [0, 0.1) is 0 Å². The number of hydrogen-bond donors (Lipinski definition) is 2. The number of carbonyl (C=O) groups is 1. The molecule has 3 aromatic rings. The Morgan fingerprint density at radius 1 is 1.23 bits per heavy atom. The Labute approximate surface area is 180 Å². The van der Waals surface area contributed by atoms with E-state index in [9.17, 15) is 4.79 Å². The minimum Gasteiger partial charge on any atom is -0.379 e. The molecule has 7 heteroatoms. The van der Waals surface area contributed by atoms with Crippen molar-refractivity contribution in [1.29, 1.82) is 0 Å². The van der Waals surface area contributed by atoms with E-state index in [2.05, 4.69) is 15.3 Å². The normalized spacial score (nSPS) is 16.2. The Morgan fingerprint density at radius 3 is 2.90 bits per heavy atom. The number of nitrogens with zero attached hydrogens (tertiary/aromatic N) is 1. The van der Waals surface area contributed by atoms with Crippen LogP contribution >= 0.6 is 11.8 Å². The zero-order valence-corrected chi connectivity index (χ0v) is 17.7. The predicted molar refractivity (Wildman–Crippen MR) is 119 cm³/mol. The molecule has 1 unspecified atom stereocenters. The molecule has 1 aliphatic heterocycles. The molecule has 1 aliphatic rings. The van der Waals surface area contributed by atoms with Gasteiger partial charge in [0.2, 0.25) is 0 Å². The monoisotopic (exact) mass is 425 g/mol. The summed E-state index contributed by atoms with van der Waals surface area (Å²) < 4.78 is 11.1. The van der Waals surface area contributed by atoms with Gasteiger partial charge in [0.1, 0.15) is 0 Å². The summed E-state index contributed by atoms with van der Waals surface area (Å²) in [6.45, 7) is 2.75. The van der Waals surface area contributed by atoms with E-state index in [1.54, 1.807) is 11.8 Å². The average molecular weight is 426 g/mol. The summed E-state index contributed by atoms with van der Waals surface area (Å²) in [6.07, 6.45) is 3.26. The highest BCUT2D eigenvalue weighted by Gasteiger charge is 2.15. The van der Waals surface area contributed by atoms with Gasteiger partial charge < -0.3 is 19.8 Å². The molecule has 1 aromatic heterocycles. The molecule has 2 N–H and O–H groups in total. The highest BCUT2D eigenvalue weighted by molar-refractivity contribution is 7.98. The first kappa shape index (κ1) is 20.9. The lowest BCUT2D eigenvalue weighted by Gasteiger charge is -2.10. The Bertz CT molecular complexity index is 919. The molecule has 1 saturated heterocycles. The lowest BCUT2D eigenvalue weighted by molar-refractivity contribution is 0.0166. The van der Waals surface area contributed by atoms with Crippen LogP contribution in [-0.2, 0) is 15.2 Å². The molecule has 6 nitrogen and oxygen atoms in total. The van der Waals surface area contributed by atoms with Crippen molar-refractivity contribution >= 4 is 28.7 Å². The zero-order valence-electron chi connectivity index (χ0n) is 16.9. The van der Waals surface area contributed by atoms with Crippen molar-refractivity contribution in [3.63, 3.8) is 0 Å². The summed E-state index contributed by atoms with van der Waals surface area (Å²) in [5.41, 5.74) is 3.85. The first-order chi connectivity index (χ1) is 14.8. The molecule has 30 heavy (non-hydrogen) atoms. The average Bonchev–Trinajstić information content (AvgIpc) is 3.44. The van der Waals surface area contributed by atoms with Gasteiger partial charge in [-0.25, -0.2) is 4.98 Å². The van der Waals surface area contributed by atoms with Crippen molar-refractivity contribution in [3.05, 3.63) is 59.7 Å². The van der Waals surface area contributed by atoms with Gasteiger partial charge >= 0.3 is 0 Å². The van der Waals surface area contributed by atoms with Gasteiger partial charge in [-0.3, -0.25) is 4.79 Å². The Hall–Kier alpha value is -2.35. The van der Waals surface area contributed by atoms with Crippen molar-refractivity contribution in [1.82, 2.24) is 15.3 Å². The summed E-state index contributed by atoms with van der Waals surface area (Å²) in [5.74, 6) is 0.745. The fourth-order valence-corrected chi connectivity index (χ4v) is 4.21. The van der Waals surface area contributed by atoms with Gasteiger partial charge in [0, 0.05) is 31.1 Å². The largest absolute Gasteiger partial charge is 0.379 e. The van der Waals surface area contributed by atoms with Crippen LogP contribution in [0.3, 0.4) is 0 Å². The van der Waals surface area contributed by atoms with Gasteiger partial charge in [-0.05, 0) is 49.1 Å². The van der Waals surface area contributed by atoms with Crippen LogP contribution in [0.5, 0.6) is 0 Å². The van der Waals surface area contributed by atoms with Gasteiger partial charge in [0.05, 0.1) is 23.7 Å². The minimum absolute atomic E-state index is 0.0504. The summed E-state index contributed by atoms with van der Waals surface area (Å²) in [4.78, 5) is 20.2. The Morgan fingerprint density at radius 2 is 2.10 bits per heavy atom. The summed E-state index contributed by atoms with van der Waals surface area (Å²) >= 11 is 1.65. The van der Waals surface area contributed by atoms with Gasteiger partial charge in [0.25, 0.3) is 5.91 Å².